The van der Waals surface area contributed by atoms with Crippen LogP contribution < -0.4 is 5.31 Å². The smallest absolute Gasteiger partial charge is 0.162 e. The van der Waals surface area contributed by atoms with Crippen molar-refractivity contribution in [3.05, 3.63) is 51.5 Å². The lowest BCUT2D eigenvalue weighted by Gasteiger charge is -2.32. The third-order valence-electron chi connectivity index (χ3n) is 3.45. The Hall–Kier alpha value is -2.20. The van der Waals surface area contributed by atoms with Gasteiger partial charge in [-0.2, -0.15) is 5.26 Å². The molecule has 0 bridgehead atoms. The number of benzene rings is 1. The van der Waals surface area contributed by atoms with Gasteiger partial charge in [0.05, 0.1) is 25.5 Å². The van der Waals surface area contributed by atoms with Crippen LogP contribution in [-0.2, 0) is 6.50 Å². The van der Waals surface area contributed by atoms with Gasteiger partial charge >= 0.3 is 0 Å². The molecule has 1 saturated heterocycles. The molecule has 0 amide bonds. The monoisotopic (exact) mass is 412 g/mol. The Balaban J connectivity index is 2.03. The first-order valence-corrected chi connectivity index (χ1v) is 8.68. The summed E-state index contributed by atoms with van der Waals surface area (Å²) in [4.78, 5) is 6.87. The number of nitrogens with zero attached hydrogens (tertiary/aromatic N) is 4. The molecule has 3 aromatic rings. The topological polar surface area (TPSA) is 64.8 Å². The fourth-order valence-corrected chi connectivity index (χ4v) is 3.13. The number of likely N-dealkylation sites (tertiary alicyclic amines) is 1. The Morgan fingerprint density at radius 2 is 2.41 bits per heavy atom. The molecule has 138 valence electrons. The van der Waals surface area contributed by atoms with Crippen molar-refractivity contribution < 1.29 is 20.6 Å². The molecule has 1 N–H and O–H groups in total. The Labute approximate surface area is 188 Å². The molecule has 0 atom stereocenters. The van der Waals surface area contributed by atoms with E-state index in [1.807, 2.05) is 0 Å². The summed E-state index contributed by atoms with van der Waals surface area (Å²) in [5.41, 5.74) is -0.673. The zero-order valence-electron chi connectivity index (χ0n) is 28.7. The van der Waals surface area contributed by atoms with Crippen molar-refractivity contribution in [3.8, 4) is 6.07 Å². The number of halogens is 1. The second-order valence-electron chi connectivity index (χ2n) is 5.26. The minimum atomic E-state index is -3.99. The number of fused-ring (bicyclic) bond motifs is 1. The predicted octanol–water partition coefficient (Wildman–Crippen LogP) is 4.60. The van der Waals surface area contributed by atoms with Crippen LogP contribution in [0.25, 0.3) is 10.2 Å². The highest BCUT2D eigenvalue weighted by atomic mass is 35.5. The standard InChI is InChI=1S/C20H20ClN5S/c1-13-2-3-14(8-15(13)10-22)11-26-6-4-16(5-7-26)25-19-17-9-18(21)27-20(17)24-12-23-19/h2-3,8-9,12,16H,4-7,11H2,1H3,(H,23,24,25)/i3D,4D2,5D2,6D2,7D2,9D,11D2,12D,16D/hD. The minimum absolute atomic E-state index is 0.152. The van der Waals surface area contributed by atoms with Crippen LogP contribution in [0.4, 0.5) is 5.82 Å². The minimum Gasteiger partial charge on any atom is -0.367 e. The molecular weight excluding hydrogens is 378 g/mol. The molecule has 1 aliphatic rings. The van der Waals surface area contributed by atoms with Gasteiger partial charge in [-0.1, -0.05) is 23.7 Å². The van der Waals surface area contributed by atoms with Gasteiger partial charge in [0.25, 0.3) is 0 Å². The highest BCUT2D eigenvalue weighted by Crippen LogP contribution is 2.32. The first kappa shape index (κ1) is 7.67. The second kappa shape index (κ2) is 7.81. The average molecular weight is 413 g/mol. The van der Waals surface area contributed by atoms with E-state index in [9.17, 15) is 5.26 Å². The van der Waals surface area contributed by atoms with E-state index >= 15 is 0 Å². The van der Waals surface area contributed by atoms with Crippen molar-refractivity contribution in [1.29, 1.82) is 5.26 Å². The fourth-order valence-electron chi connectivity index (χ4n) is 2.16. The first-order chi connectivity index (χ1) is 18.9. The lowest BCUT2D eigenvalue weighted by atomic mass is 10.0. The summed E-state index contributed by atoms with van der Waals surface area (Å²) in [7, 11) is 0. The molecule has 3 heterocycles. The van der Waals surface area contributed by atoms with Crippen molar-refractivity contribution in [3.63, 3.8) is 0 Å². The summed E-state index contributed by atoms with van der Waals surface area (Å²) in [5.74, 6) is -0.894. The van der Waals surface area contributed by atoms with Gasteiger partial charge in [0.1, 0.15) is 18.3 Å². The molecular formula is C20H20ClN5S. The van der Waals surface area contributed by atoms with E-state index in [1.54, 1.807) is 6.07 Å². The van der Waals surface area contributed by atoms with Crippen molar-refractivity contribution >= 4 is 39.0 Å². The van der Waals surface area contributed by atoms with Crippen LogP contribution in [0.3, 0.4) is 0 Å². The molecule has 0 spiro atoms. The predicted molar refractivity (Wildman–Crippen MR) is 110 cm³/mol. The molecule has 0 aliphatic carbocycles. The molecule has 2 aromatic heterocycles. The third kappa shape index (κ3) is 4.06. The van der Waals surface area contributed by atoms with Crippen LogP contribution in [0.5, 0.6) is 0 Å². The van der Waals surface area contributed by atoms with E-state index in [-0.39, 0.29) is 25.6 Å². The quantitative estimate of drug-likeness (QED) is 0.678. The lowest BCUT2D eigenvalue weighted by molar-refractivity contribution is 0.211. The van der Waals surface area contributed by atoms with E-state index in [2.05, 4.69) is 9.97 Å². The lowest BCUT2D eigenvalue weighted by Crippen LogP contribution is -2.38. The van der Waals surface area contributed by atoms with Gasteiger partial charge in [-0.15, -0.1) is 11.3 Å². The number of rotatable bonds is 4. The normalized spacial score (nSPS) is 33.0. The number of thiophene rings is 1. The summed E-state index contributed by atoms with van der Waals surface area (Å²) < 4.78 is 129. The summed E-state index contributed by atoms with van der Waals surface area (Å²) in [6, 6.07) is -1.35. The Bertz CT molecular complexity index is 1620. The van der Waals surface area contributed by atoms with Gasteiger partial charge in [-0.3, -0.25) is 4.90 Å². The van der Waals surface area contributed by atoms with Crippen LogP contribution in [0.1, 0.15) is 48.6 Å². The molecule has 4 rings (SSSR count). The zero-order chi connectivity index (χ0) is 32.2. The van der Waals surface area contributed by atoms with Crippen LogP contribution >= 0.6 is 22.9 Å². The maximum absolute atomic E-state index is 9.42. The van der Waals surface area contributed by atoms with Crippen LogP contribution in [0.15, 0.2) is 30.5 Å². The van der Waals surface area contributed by atoms with Gasteiger partial charge in [-0.05, 0) is 42.9 Å². The molecule has 0 unspecified atom stereocenters. The molecule has 7 heteroatoms. The Morgan fingerprint density at radius 3 is 3.19 bits per heavy atom. The highest BCUT2D eigenvalue weighted by Gasteiger charge is 2.20. The molecule has 0 saturated carbocycles. The van der Waals surface area contributed by atoms with Gasteiger partial charge < -0.3 is 5.31 Å². The second-order valence-corrected chi connectivity index (χ2v) is 6.87. The van der Waals surface area contributed by atoms with Crippen LogP contribution in [-0.4, -0.2) is 33.9 Å². The zero-order valence-corrected chi connectivity index (χ0v) is 15.2. The molecule has 1 aromatic carbocycles. The summed E-state index contributed by atoms with van der Waals surface area (Å²) in [6.07, 6.45) is -8.78. The Morgan fingerprint density at radius 1 is 1.59 bits per heavy atom. The van der Waals surface area contributed by atoms with Crippen molar-refractivity contribution in [2.75, 3.05) is 18.3 Å². The maximum Gasteiger partial charge on any atom is 0.162 e. The van der Waals surface area contributed by atoms with Crippen molar-refractivity contribution in [1.82, 2.24) is 14.9 Å². The average Bonchev–Trinajstić information content (AvgIpc) is 3.13. The third-order valence-corrected chi connectivity index (χ3v) is 4.55. The van der Waals surface area contributed by atoms with Crippen molar-refractivity contribution in [2.45, 2.75) is 32.2 Å². The SMILES string of the molecule is [2H]c1nc(N([2H])C2([2H])C([2H])([2H])C([2H])([2H])N(C([2H])([2H])c3cc(C#N)c(C)cc3[2H])C([2H])([2H])C2([2H])[2H])c2c([2H])c(Cl)sc2n1. The van der Waals surface area contributed by atoms with E-state index in [4.69, 9.17) is 32.2 Å². The Kier molecular flexibility index (Phi) is 2.22. The number of nitriles is 1. The van der Waals surface area contributed by atoms with E-state index in [1.165, 1.54) is 6.92 Å². The molecule has 1 aliphatic heterocycles. The van der Waals surface area contributed by atoms with E-state index < -0.39 is 78.3 Å². The van der Waals surface area contributed by atoms with Crippen LogP contribution in [0, 0.1) is 18.3 Å². The largest absolute Gasteiger partial charge is 0.367 e. The number of hydrogen-bond acceptors (Lipinski definition) is 6. The highest BCUT2D eigenvalue weighted by molar-refractivity contribution is 7.22. The number of hydrogen-bond donors (Lipinski definition) is 1. The number of aryl methyl sites for hydroxylation is 1. The fraction of sp³-hybridized carbons (Fsp3) is 0.350. The summed E-state index contributed by atoms with van der Waals surface area (Å²) in [6.45, 7) is -9.94. The summed E-state index contributed by atoms with van der Waals surface area (Å²) in [5, 5.41) is 8.76. The first-order valence-electron chi connectivity index (χ1n) is 14.9. The number of anilines is 1. The van der Waals surface area contributed by atoms with E-state index in [0.717, 1.165) is 12.1 Å². The number of nitrogens with one attached hydrogen (secondary N) is 1. The molecule has 5 nitrogen and oxygen atoms in total. The van der Waals surface area contributed by atoms with Gasteiger partial charge in [-0.25, -0.2) is 9.97 Å². The van der Waals surface area contributed by atoms with E-state index in [0.29, 0.717) is 11.3 Å². The number of piperidine rings is 1. The molecule has 0 radical (unpaired) electrons. The summed E-state index contributed by atoms with van der Waals surface area (Å²) >= 11 is 6.68. The maximum atomic E-state index is 9.42. The van der Waals surface area contributed by atoms with Crippen LogP contribution in [0.2, 0.25) is 5.75 Å². The molecule has 27 heavy (non-hydrogen) atoms. The van der Waals surface area contributed by atoms with Gasteiger partial charge in [0.15, 0.2) is 1.41 Å². The van der Waals surface area contributed by atoms with Crippen molar-refractivity contribution in [2.24, 2.45) is 0 Å². The van der Waals surface area contributed by atoms with Gasteiger partial charge in [0.2, 0.25) is 0 Å². The molecule has 1 fully saturated rings. The number of aromatic nitrogens is 2. The van der Waals surface area contributed by atoms with Gasteiger partial charge in [0, 0.05) is 39.2 Å².